The Morgan fingerprint density at radius 1 is 1.18 bits per heavy atom. The number of nitrogens with one attached hydrogen (secondary N) is 2. The Morgan fingerprint density at radius 3 is 2.71 bits per heavy atom. The number of hydrogen-bond acceptors (Lipinski definition) is 5. The zero-order valence-electron chi connectivity index (χ0n) is 15.7. The number of amides is 1. The monoisotopic (exact) mass is 375 g/mol. The standard InChI is InChI=1S/C21H21N5O2/c1-3-28-17-12-8-7-11-16(17)25-20(27)18-14(2)24-21-22-13-23-26(21)19(18)15-9-5-4-6-10-15/h4-13,19H,3H2,1-2H3,(H,25,27)(H,22,23,24)/t19-/m1/s1. The van der Waals surface area contributed by atoms with Crippen molar-refractivity contribution in [1.29, 1.82) is 0 Å². The summed E-state index contributed by atoms with van der Waals surface area (Å²) in [6, 6.07) is 16.8. The van der Waals surface area contributed by atoms with Crippen LogP contribution in [-0.2, 0) is 4.79 Å². The van der Waals surface area contributed by atoms with E-state index in [1.54, 1.807) is 4.68 Å². The van der Waals surface area contributed by atoms with Gasteiger partial charge in [-0.25, -0.2) is 4.68 Å². The van der Waals surface area contributed by atoms with E-state index in [1.165, 1.54) is 6.33 Å². The lowest BCUT2D eigenvalue weighted by Crippen LogP contribution is -2.31. The van der Waals surface area contributed by atoms with Crippen molar-refractivity contribution in [1.82, 2.24) is 14.8 Å². The van der Waals surface area contributed by atoms with Crippen LogP contribution in [0.2, 0.25) is 0 Å². The molecule has 2 heterocycles. The van der Waals surface area contributed by atoms with Crippen molar-refractivity contribution in [2.45, 2.75) is 19.9 Å². The molecule has 2 aromatic carbocycles. The number of para-hydroxylation sites is 2. The molecular formula is C21H21N5O2. The van der Waals surface area contributed by atoms with Crippen LogP contribution in [0.3, 0.4) is 0 Å². The number of carbonyl (C=O) groups is 1. The van der Waals surface area contributed by atoms with Gasteiger partial charge in [-0.2, -0.15) is 10.1 Å². The van der Waals surface area contributed by atoms with Gasteiger partial charge < -0.3 is 15.4 Å². The van der Waals surface area contributed by atoms with Crippen LogP contribution >= 0.6 is 0 Å². The normalized spacial score (nSPS) is 15.6. The molecule has 0 unspecified atom stereocenters. The third-order valence-corrected chi connectivity index (χ3v) is 4.59. The molecule has 142 valence electrons. The predicted octanol–water partition coefficient (Wildman–Crippen LogP) is 3.60. The highest BCUT2D eigenvalue weighted by Crippen LogP contribution is 2.35. The summed E-state index contributed by atoms with van der Waals surface area (Å²) < 4.78 is 7.36. The van der Waals surface area contributed by atoms with Crippen molar-refractivity contribution in [3.63, 3.8) is 0 Å². The van der Waals surface area contributed by atoms with E-state index in [4.69, 9.17) is 4.74 Å². The van der Waals surface area contributed by atoms with Gasteiger partial charge in [0.15, 0.2) is 0 Å². The number of fused-ring (bicyclic) bond motifs is 1. The van der Waals surface area contributed by atoms with E-state index in [9.17, 15) is 4.79 Å². The number of carbonyl (C=O) groups excluding carboxylic acids is 1. The Balaban J connectivity index is 1.73. The van der Waals surface area contributed by atoms with E-state index < -0.39 is 0 Å². The van der Waals surface area contributed by atoms with Crippen LogP contribution in [0.4, 0.5) is 11.6 Å². The maximum atomic E-state index is 13.3. The molecule has 1 aliphatic rings. The van der Waals surface area contributed by atoms with Crippen LogP contribution in [0.25, 0.3) is 0 Å². The van der Waals surface area contributed by atoms with E-state index in [0.717, 1.165) is 11.3 Å². The Bertz CT molecular complexity index is 1030. The van der Waals surface area contributed by atoms with Crippen molar-refractivity contribution in [3.8, 4) is 5.75 Å². The summed E-state index contributed by atoms with van der Waals surface area (Å²) in [5.41, 5.74) is 2.90. The van der Waals surface area contributed by atoms with E-state index in [1.807, 2.05) is 68.4 Å². The average Bonchev–Trinajstić information content (AvgIpc) is 3.17. The summed E-state index contributed by atoms with van der Waals surface area (Å²) in [6.45, 7) is 4.30. The van der Waals surface area contributed by atoms with E-state index in [2.05, 4.69) is 20.7 Å². The fourth-order valence-corrected chi connectivity index (χ4v) is 3.37. The molecule has 0 bridgehead atoms. The smallest absolute Gasteiger partial charge is 0.255 e. The van der Waals surface area contributed by atoms with Crippen LogP contribution in [0.1, 0.15) is 25.5 Å². The second kappa shape index (κ2) is 7.56. The van der Waals surface area contributed by atoms with Crippen LogP contribution in [0, 0.1) is 0 Å². The second-order valence-electron chi connectivity index (χ2n) is 6.39. The lowest BCUT2D eigenvalue weighted by molar-refractivity contribution is -0.113. The number of benzene rings is 2. The first-order valence-corrected chi connectivity index (χ1v) is 9.14. The molecule has 7 heteroatoms. The van der Waals surface area contributed by atoms with Crippen LogP contribution in [0.15, 0.2) is 72.2 Å². The molecule has 1 aromatic heterocycles. The molecule has 1 aliphatic heterocycles. The molecular weight excluding hydrogens is 354 g/mol. The van der Waals surface area contributed by atoms with Gasteiger partial charge in [0, 0.05) is 5.70 Å². The quantitative estimate of drug-likeness (QED) is 0.712. The predicted molar refractivity (Wildman–Crippen MR) is 107 cm³/mol. The first kappa shape index (κ1) is 17.8. The summed E-state index contributed by atoms with van der Waals surface area (Å²) in [5, 5.41) is 10.5. The molecule has 0 saturated heterocycles. The Kier molecular flexibility index (Phi) is 4.80. The minimum atomic E-state index is -0.376. The van der Waals surface area contributed by atoms with Gasteiger partial charge in [0.05, 0.1) is 17.9 Å². The third-order valence-electron chi connectivity index (χ3n) is 4.59. The fourth-order valence-electron chi connectivity index (χ4n) is 3.37. The Hall–Kier alpha value is -3.61. The van der Waals surface area contributed by atoms with E-state index in [0.29, 0.717) is 29.6 Å². The average molecular weight is 375 g/mol. The first-order valence-electron chi connectivity index (χ1n) is 9.14. The van der Waals surface area contributed by atoms with Gasteiger partial charge in [-0.1, -0.05) is 42.5 Å². The summed E-state index contributed by atoms with van der Waals surface area (Å²) in [7, 11) is 0. The SMILES string of the molecule is CCOc1ccccc1NC(=O)C1=C(C)Nc2ncnn2[C@@H]1c1ccccc1. The number of aromatic nitrogens is 3. The first-order chi connectivity index (χ1) is 13.7. The van der Waals surface area contributed by atoms with E-state index in [-0.39, 0.29) is 11.9 Å². The molecule has 3 aromatic rings. The highest BCUT2D eigenvalue weighted by molar-refractivity contribution is 6.06. The van der Waals surface area contributed by atoms with Crippen molar-refractivity contribution < 1.29 is 9.53 Å². The van der Waals surface area contributed by atoms with Crippen LogP contribution in [0.5, 0.6) is 5.75 Å². The van der Waals surface area contributed by atoms with Gasteiger partial charge in [-0.3, -0.25) is 4.79 Å². The van der Waals surface area contributed by atoms with Crippen molar-refractivity contribution in [3.05, 3.63) is 77.8 Å². The van der Waals surface area contributed by atoms with Gasteiger partial charge in [0.1, 0.15) is 18.1 Å². The summed E-state index contributed by atoms with van der Waals surface area (Å²) >= 11 is 0. The second-order valence-corrected chi connectivity index (χ2v) is 6.39. The molecule has 0 aliphatic carbocycles. The van der Waals surface area contributed by atoms with Crippen LogP contribution < -0.4 is 15.4 Å². The number of ether oxygens (including phenoxy) is 1. The van der Waals surface area contributed by atoms with Gasteiger partial charge in [-0.05, 0) is 31.5 Å². The molecule has 1 atom stereocenters. The highest BCUT2D eigenvalue weighted by Gasteiger charge is 2.33. The topological polar surface area (TPSA) is 81.1 Å². The molecule has 1 amide bonds. The van der Waals surface area contributed by atoms with E-state index >= 15 is 0 Å². The number of allylic oxidation sites excluding steroid dienone is 1. The highest BCUT2D eigenvalue weighted by atomic mass is 16.5. The summed E-state index contributed by atoms with van der Waals surface area (Å²) in [5.74, 6) is 1.03. The Labute approximate surface area is 163 Å². The largest absolute Gasteiger partial charge is 0.492 e. The minimum Gasteiger partial charge on any atom is -0.492 e. The molecule has 4 rings (SSSR count). The molecule has 0 fully saturated rings. The molecule has 0 spiro atoms. The lowest BCUT2D eigenvalue weighted by atomic mass is 9.95. The van der Waals surface area contributed by atoms with Crippen LogP contribution in [-0.4, -0.2) is 27.3 Å². The minimum absolute atomic E-state index is 0.216. The Morgan fingerprint density at radius 2 is 1.93 bits per heavy atom. The van der Waals surface area contributed by atoms with Gasteiger partial charge >= 0.3 is 0 Å². The summed E-state index contributed by atoms with van der Waals surface area (Å²) in [6.07, 6.45) is 1.48. The molecule has 2 N–H and O–H groups in total. The van der Waals surface area contributed by atoms with Crippen molar-refractivity contribution in [2.75, 3.05) is 17.2 Å². The van der Waals surface area contributed by atoms with Crippen molar-refractivity contribution >= 4 is 17.5 Å². The third kappa shape index (κ3) is 3.22. The maximum absolute atomic E-state index is 13.3. The number of rotatable bonds is 5. The fraction of sp³-hybridized carbons (Fsp3) is 0.190. The van der Waals surface area contributed by atoms with Gasteiger partial charge in [0.2, 0.25) is 5.95 Å². The molecule has 0 radical (unpaired) electrons. The lowest BCUT2D eigenvalue weighted by Gasteiger charge is -2.28. The number of hydrogen-bond donors (Lipinski definition) is 2. The zero-order chi connectivity index (χ0) is 19.5. The number of nitrogens with zero attached hydrogens (tertiary/aromatic N) is 3. The molecule has 7 nitrogen and oxygen atoms in total. The van der Waals surface area contributed by atoms with Gasteiger partial charge in [-0.15, -0.1) is 0 Å². The van der Waals surface area contributed by atoms with Crippen molar-refractivity contribution in [2.24, 2.45) is 0 Å². The molecule has 28 heavy (non-hydrogen) atoms. The summed E-state index contributed by atoms with van der Waals surface area (Å²) in [4.78, 5) is 17.6. The molecule has 0 saturated carbocycles. The number of anilines is 2. The zero-order valence-corrected chi connectivity index (χ0v) is 15.7. The maximum Gasteiger partial charge on any atom is 0.255 e. The van der Waals surface area contributed by atoms with Gasteiger partial charge in [0.25, 0.3) is 5.91 Å².